The maximum atomic E-state index is 5.25. The van der Waals surface area contributed by atoms with Crippen LogP contribution in [-0.4, -0.2) is 19.4 Å². The van der Waals surface area contributed by atoms with Crippen LogP contribution in [0.4, 0.5) is 0 Å². The first-order chi connectivity index (χ1) is 24.3. The number of imidazole rings is 1. The summed E-state index contributed by atoms with van der Waals surface area (Å²) in [5.41, 5.74) is 15.1. The molecule has 0 unspecified atom stereocenters. The van der Waals surface area contributed by atoms with Crippen molar-refractivity contribution < 1.29 is 0 Å². The maximum absolute atomic E-state index is 5.25. The molecule has 0 radical (unpaired) electrons. The van der Waals surface area contributed by atoms with Crippen LogP contribution in [0.15, 0.2) is 182 Å². The lowest BCUT2D eigenvalue weighted by atomic mass is 9.92. The van der Waals surface area contributed by atoms with Crippen LogP contribution in [0, 0.1) is 0 Å². The van der Waals surface area contributed by atoms with Gasteiger partial charge in [0.25, 0.3) is 0 Å². The van der Waals surface area contributed by atoms with Gasteiger partial charge in [-0.15, -0.1) is 0 Å². The van der Waals surface area contributed by atoms with Gasteiger partial charge in [-0.3, -0.25) is 4.40 Å². The molecular weight excluding hydrogens is 597 g/mol. The van der Waals surface area contributed by atoms with Crippen LogP contribution >= 0.6 is 0 Å². The van der Waals surface area contributed by atoms with E-state index in [1.807, 2.05) is 42.5 Å². The van der Waals surface area contributed by atoms with Gasteiger partial charge in [-0.25, -0.2) is 15.0 Å². The second-order valence-corrected chi connectivity index (χ2v) is 12.1. The van der Waals surface area contributed by atoms with Crippen LogP contribution in [0.25, 0.3) is 84.0 Å². The molecule has 0 saturated carbocycles. The second-order valence-electron chi connectivity index (χ2n) is 12.1. The van der Waals surface area contributed by atoms with Crippen molar-refractivity contribution in [2.24, 2.45) is 0 Å². The Kier molecular flexibility index (Phi) is 7.10. The van der Waals surface area contributed by atoms with Crippen molar-refractivity contribution in [1.29, 1.82) is 0 Å². The number of para-hydroxylation sites is 2. The number of hydrogen-bond acceptors (Lipinski definition) is 3. The topological polar surface area (TPSA) is 43.1 Å². The lowest BCUT2D eigenvalue weighted by Gasteiger charge is -2.15. The summed E-state index contributed by atoms with van der Waals surface area (Å²) in [6.45, 7) is 0. The Bertz CT molecular complexity index is 2590. The summed E-state index contributed by atoms with van der Waals surface area (Å²) < 4.78 is 2.18. The van der Waals surface area contributed by atoms with E-state index in [9.17, 15) is 0 Å². The van der Waals surface area contributed by atoms with E-state index in [0.717, 1.165) is 84.0 Å². The van der Waals surface area contributed by atoms with E-state index in [4.69, 9.17) is 15.0 Å². The van der Waals surface area contributed by atoms with Crippen molar-refractivity contribution in [3.05, 3.63) is 182 Å². The summed E-state index contributed by atoms with van der Waals surface area (Å²) in [5, 5.41) is 0. The van der Waals surface area contributed by atoms with Crippen molar-refractivity contribution in [1.82, 2.24) is 19.4 Å². The standard InChI is InChI=1S/C45H30N4/c1-4-15-31(16-5-1)36-28-37(30-38(29-36)43-42(32-17-6-2-7-18-32)46-39-23-10-11-24-40(39)47-43)34-21-14-22-35(27-34)44-45(33-19-8-3-9-20-33)49-26-13-12-25-41(49)48-44/h1-30H. The molecule has 0 fully saturated rings. The lowest BCUT2D eigenvalue weighted by molar-refractivity contribution is 1.19. The molecule has 230 valence electrons. The van der Waals surface area contributed by atoms with E-state index in [1.54, 1.807) is 0 Å². The van der Waals surface area contributed by atoms with Gasteiger partial charge < -0.3 is 0 Å². The average molecular weight is 627 g/mol. The minimum Gasteiger partial charge on any atom is -0.299 e. The Balaban J connectivity index is 1.26. The molecule has 0 amide bonds. The fourth-order valence-electron chi connectivity index (χ4n) is 6.64. The molecule has 0 aliphatic carbocycles. The Morgan fingerprint density at radius 1 is 0.306 bits per heavy atom. The molecule has 49 heavy (non-hydrogen) atoms. The average Bonchev–Trinajstić information content (AvgIpc) is 3.58. The molecule has 0 spiro atoms. The summed E-state index contributed by atoms with van der Waals surface area (Å²) in [7, 11) is 0. The van der Waals surface area contributed by atoms with Gasteiger partial charge >= 0.3 is 0 Å². The van der Waals surface area contributed by atoms with Crippen LogP contribution in [0.5, 0.6) is 0 Å². The zero-order chi connectivity index (χ0) is 32.6. The molecule has 9 rings (SSSR count). The fourth-order valence-corrected chi connectivity index (χ4v) is 6.64. The van der Waals surface area contributed by atoms with Gasteiger partial charge in [0.05, 0.1) is 33.8 Å². The SMILES string of the molecule is c1ccc(-c2cc(-c3cccc(-c4nc5ccccn5c4-c4ccccc4)c3)cc(-c3nc4ccccc4nc3-c3ccccc3)c2)cc1. The minimum atomic E-state index is 0.854. The molecule has 3 heterocycles. The Morgan fingerprint density at radius 2 is 0.796 bits per heavy atom. The summed E-state index contributed by atoms with van der Waals surface area (Å²) in [5.74, 6) is 0. The molecule has 4 nitrogen and oxygen atoms in total. The molecule has 4 heteroatoms. The molecule has 6 aromatic carbocycles. The van der Waals surface area contributed by atoms with Gasteiger partial charge in [0.15, 0.2) is 0 Å². The third-order valence-corrected chi connectivity index (χ3v) is 8.98. The largest absolute Gasteiger partial charge is 0.299 e. The number of pyridine rings is 1. The molecule has 9 aromatic rings. The summed E-state index contributed by atoms with van der Waals surface area (Å²) in [4.78, 5) is 15.6. The van der Waals surface area contributed by atoms with Crippen molar-refractivity contribution >= 4 is 16.7 Å². The molecular formula is C45H30N4. The van der Waals surface area contributed by atoms with Crippen LogP contribution < -0.4 is 0 Å². The highest BCUT2D eigenvalue weighted by atomic mass is 15.0. The number of aromatic nitrogens is 4. The zero-order valence-corrected chi connectivity index (χ0v) is 26.6. The van der Waals surface area contributed by atoms with Crippen molar-refractivity contribution in [2.75, 3.05) is 0 Å². The summed E-state index contributed by atoms with van der Waals surface area (Å²) in [6, 6.07) is 61.1. The molecule has 0 N–H and O–H groups in total. The van der Waals surface area contributed by atoms with Crippen LogP contribution in [-0.2, 0) is 0 Å². The molecule has 3 aromatic heterocycles. The minimum absolute atomic E-state index is 0.854. The number of benzene rings is 6. The lowest BCUT2D eigenvalue weighted by Crippen LogP contribution is -1.96. The van der Waals surface area contributed by atoms with E-state index < -0.39 is 0 Å². The molecule has 0 atom stereocenters. The van der Waals surface area contributed by atoms with Gasteiger partial charge in [0, 0.05) is 28.5 Å². The first-order valence-corrected chi connectivity index (χ1v) is 16.4. The predicted molar refractivity (Wildman–Crippen MR) is 201 cm³/mol. The monoisotopic (exact) mass is 626 g/mol. The second kappa shape index (κ2) is 12.2. The van der Waals surface area contributed by atoms with E-state index in [-0.39, 0.29) is 0 Å². The van der Waals surface area contributed by atoms with E-state index in [0.29, 0.717) is 0 Å². The highest BCUT2D eigenvalue weighted by Crippen LogP contribution is 2.39. The van der Waals surface area contributed by atoms with Crippen LogP contribution in [0.2, 0.25) is 0 Å². The third-order valence-electron chi connectivity index (χ3n) is 8.98. The van der Waals surface area contributed by atoms with E-state index in [2.05, 4.69) is 144 Å². The Hall–Kier alpha value is -6.65. The molecule has 0 bridgehead atoms. The van der Waals surface area contributed by atoms with Gasteiger partial charge in [-0.1, -0.05) is 127 Å². The van der Waals surface area contributed by atoms with Gasteiger partial charge in [-0.2, -0.15) is 0 Å². The van der Waals surface area contributed by atoms with Crippen molar-refractivity contribution in [3.63, 3.8) is 0 Å². The summed E-state index contributed by atoms with van der Waals surface area (Å²) >= 11 is 0. The predicted octanol–water partition coefficient (Wildman–Crippen LogP) is 11.3. The van der Waals surface area contributed by atoms with E-state index in [1.165, 1.54) is 0 Å². The molecule has 0 aliphatic heterocycles. The van der Waals surface area contributed by atoms with E-state index >= 15 is 0 Å². The smallest absolute Gasteiger partial charge is 0.137 e. The molecule has 0 aliphatic rings. The van der Waals surface area contributed by atoms with Crippen LogP contribution in [0.1, 0.15) is 0 Å². The Morgan fingerprint density at radius 3 is 1.49 bits per heavy atom. The first-order valence-electron chi connectivity index (χ1n) is 16.4. The first kappa shape index (κ1) is 28.6. The van der Waals surface area contributed by atoms with Crippen molar-refractivity contribution in [2.45, 2.75) is 0 Å². The Labute approximate surface area is 284 Å². The maximum Gasteiger partial charge on any atom is 0.137 e. The van der Waals surface area contributed by atoms with Crippen molar-refractivity contribution in [3.8, 4) is 67.3 Å². The van der Waals surface area contributed by atoms with Crippen LogP contribution in [0.3, 0.4) is 0 Å². The van der Waals surface area contributed by atoms with Gasteiger partial charge in [0.2, 0.25) is 0 Å². The normalized spacial score (nSPS) is 11.3. The number of hydrogen-bond donors (Lipinski definition) is 0. The zero-order valence-electron chi connectivity index (χ0n) is 26.6. The fraction of sp³-hybridized carbons (Fsp3) is 0. The van der Waals surface area contributed by atoms with Gasteiger partial charge in [0.1, 0.15) is 5.65 Å². The number of fused-ring (bicyclic) bond motifs is 2. The summed E-state index contributed by atoms with van der Waals surface area (Å²) in [6.07, 6.45) is 2.09. The number of rotatable bonds is 6. The third kappa shape index (κ3) is 5.35. The highest BCUT2D eigenvalue weighted by Gasteiger charge is 2.18. The molecule has 0 saturated heterocycles. The quantitative estimate of drug-likeness (QED) is 0.184. The number of nitrogens with zero attached hydrogens (tertiary/aromatic N) is 4. The highest BCUT2D eigenvalue weighted by molar-refractivity contribution is 5.90. The van der Waals surface area contributed by atoms with Gasteiger partial charge in [-0.05, 0) is 70.8 Å².